The van der Waals surface area contributed by atoms with Gasteiger partial charge in [0.1, 0.15) is 17.4 Å². The highest BCUT2D eigenvalue weighted by molar-refractivity contribution is 5.85. The van der Waals surface area contributed by atoms with Gasteiger partial charge in [0, 0.05) is 6.42 Å². The first-order valence-electron chi connectivity index (χ1n) is 10.8. The van der Waals surface area contributed by atoms with Crippen LogP contribution in [-0.4, -0.2) is 40.2 Å². The average Bonchev–Trinajstić information content (AvgIpc) is 2.82. The van der Waals surface area contributed by atoms with Gasteiger partial charge in [0.05, 0.1) is 6.04 Å². The molecular weight excluding hydrogens is 342 g/mol. The van der Waals surface area contributed by atoms with E-state index in [2.05, 4.69) is 6.92 Å². The zero-order chi connectivity index (χ0) is 20.2. The second-order valence-electron chi connectivity index (χ2n) is 9.71. The standard InChI is InChI=1S/C22H39NO4/c1-7-8-14-18(24)19-17(15-16-12-10-9-11-13-16)23(22(5,6)26-19)20(25)27-21(2,3)4/h16-17,19H,7-15H2,1-6H3/t17-,19+/m0/s1. The summed E-state index contributed by atoms with van der Waals surface area (Å²) in [4.78, 5) is 27.6. The summed E-state index contributed by atoms with van der Waals surface area (Å²) < 4.78 is 11.9. The number of unbranched alkanes of at least 4 members (excludes halogenated alkanes) is 1. The van der Waals surface area contributed by atoms with E-state index < -0.39 is 17.4 Å². The number of ketones is 1. The van der Waals surface area contributed by atoms with Crippen molar-refractivity contribution in [3.8, 4) is 0 Å². The van der Waals surface area contributed by atoms with Gasteiger partial charge < -0.3 is 9.47 Å². The van der Waals surface area contributed by atoms with Gasteiger partial charge in [0.15, 0.2) is 5.78 Å². The van der Waals surface area contributed by atoms with Crippen LogP contribution in [0.5, 0.6) is 0 Å². The minimum atomic E-state index is -0.839. The van der Waals surface area contributed by atoms with Crippen molar-refractivity contribution in [2.75, 3.05) is 0 Å². The fourth-order valence-corrected chi connectivity index (χ4v) is 4.41. The molecule has 1 aliphatic heterocycles. The van der Waals surface area contributed by atoms with E-state index in [9.17, 15) is 9.59 Å². The van der Waals surface area contributed by atoms with E-state index in [4.69, 9.17) is 9.47 Å². The molecule has 0 aromatic rings. The SMILES string of the molecule is CCCCC(=O)[C@@H]1OC(C)(C)N(C(=O)OC(C)(C)C)[C@H]1CC1CCCCC1. The van der Waals surface area contributed by atoms with Crippen LogP contribution >= 0.6 is 0 Å². The molecule has 1 saturated carbocycles. The first-order chi connectivity index (χ1) is 12.5. The molecule has 2 rings (SSSR count). The molecule has 0 radical (unpaired) electrons. The Morgan fingerprint density at radius 3 is 2.33 bits per heavy atom. The summed E-state index contributed by atoms with van der Waals surface area (Å²) in [6.07, 6.45) is 8.38. The van der Waals surface area contributed by atoms with Crippen molar-refractivity contribution in [1.82, 2.24) is 4.90 Å². The molecule has 1 aliphatic carbocycles. The van der Waals surface area contributed by atoms with Gasteiger partial charge in [0.2, 0.25) is 0 Å². The lowest BCUT2D eigenvalue weighted by Gasteiger charge is -2.36. The second-order valence-corrected chi connectivity index (χ2v) is 9.71. The first-order valence-corrected chi connectivity index (χ1v) is 10.8. The summed E-state index contributed by atoms with van der Waals surface area (Å²) in [6, 6.07) is -0.234. The van der Waals surface area contributed by atoms with Crippen LogP contribution in [0.3, 0.4) is 0 Å². The van der Waals surface area contributed by atoms with Crippen LogP contribution in [0.25, 0.3) is 0 Å². The maximum atomic E-state index is 13.0. The Morgan fingerprint density at radius 2 is 1.78 bits per heavy atom. The smallest absolute Gasteiger partial charge is 0.412 e. The molecule has 2 atom stereocenters. The van der Waals surface area contributed by atoms with Crippen molar-refractivity contribution in [3.05, 3.63) is 0 Å². The third-order valence-electron chi connectivity index (χ3n) is 5.66. The molecule has 0 N–H and O–H groups in total. The highest BCUT2D eigenvalue weighted by atomic mass is 16.6. The van der Waals surface area contributed by atoms with Gasteiger partial charge in [-0.3, -0.25) is 9.69 Å². The van der Waals surface area contributed by atoms with E-state index >= 15 is 0 Å². The minimum absolute atomic E-state index is 0.122. The van der Waals surface area contributed by atoms with Crippen molar-refractivity contribution < 1.29 is 19.1 Å². The summed E-state index contributed by atoms with van der Waals surface area (Å²) in [6.45, 7) is 11.4. The number of hydrogen-bond acceptors (Lipinski definition) is 4. The summed E-state index contributed by atoms with van der Waals surface area (Å²) in [5, 5.41) is 0. The number of carbonyl (C=O) groups excluding carboxylic acids is 2. The lowest BCUT2D eigenvalue weighted by molar-refractivity contribution is -0.136. The highest BCUT2D eigenvalue weighted by Crippen LogP contribution is 2.40. The van der Waals surface area contributed by atoms with Gasteiger partial charge in [-0.15, -0.1) is 0 Å². The third-order valence-corrected chi connectivity index (χ3v) is 5.66. The zero-order valence-corrected chi connectivity index (χ0v) is 18.2. The number of rotatable bonds is 6. The number of carbonyl (C=O) groups is 2. The van der Waals surface area contributed by atoms with Gasteiger partial charge in [-0.1, -0.05) is 45.4 Å². The Labute approximate surface area is 165 Å². The van der Waals surface area contributed by atoms with E-state index in [1.54, 1.807) is 4.90 Å². The van der Waals surface area contributed by atoms with Crippen LogP contribution in [0.15, 0.2) is 0 Å². The summed E-state index contributed by atoms with van der Waals surface area (Å²) in [5.41, 5.74) is -1.42. The van der Waals surface area contributed by atoms with Crippen LogP contribution in [0.2, 0.25) is 0 Å². The molecule has 0 aromatic carbocycles. The lowest BCUT2D eigenvalue weighted by atomic mass is 9.82. The van der Waals surface area contributed by atoms with E-state index in [-0.39, 0.29) is 17.9 Å². The van der Waals surface area contributed by atoms with Gasteiger partial charge in [-0.25, -0.2) is 4.79 Å². The molecule has 5 nitrogen and oxygen atoms in total. The largest absolute Gasteiger partial charge is 0.444 e. The molecule has 5 heteroatoms. The molecule has 1 saturated heterocycles. The molecule has 1 heterocycles. The Balaban J connectivity index is 2.25. The molecule has 0 unspecified atom stereocenters. The highest BCUT2D eigenvalue weighted by Gasteiger charge is 2.53. The van der Waals surface area contributed by atoms with Gasteiger partial charge >= 0.3 is 6.09 Å². The second kappa shape index (κ2) is 8.93. The van der Waals surface area contributed by atoms with Crippen LogP contribution in [0.4, 0.5) is 4.79 Å². The summed E-state index contributed by atoms with van der Waals surface area (Å²) in [5.74, 6) is 0.671. The molecule has 0 bridgehead atoms. The maximum Gasteiger partial charge on any atom is 0.412 e. The topological polar surface area (TPSA) is 55.8 Å². The Hall–Kier alpha value is -1.10. The van der Waals surface area contributed by atoms with E-state index in [0.29, 0.717) is 12.3 Å². The molecule has 2 fully saturated rings. The summed E-state index contributed by atoms with van der Waals surface area (Å²) in [7, 11) is 0. The van der Waals surface area contributed by atoms with Crippen molar-refractivity contribution in [2.45, 2.75) is 123 Å². The monoisotopic (exact) mass is 381 g/mol. The number of Topliss-reactive ketones (excluding diaryl/α,β-unsaturated/α-hetero) is 1. The number of hydrogen-bond donors (Lipinski definition) is 0. The molecule has 27 heavy (non-hydrogen) atoms. The predicted molar refractivity (Wildman–Crippen MR) is 107 cm³/mol. The van der Waals surface area contributed by atoms with E-state index in [1.807, 2.05) is 34.6 Å². The fraction of sp³-hybridized carbons (Fsp3) is 0.909. The predicted octanol–water partition coefficient (Wildman–Crippen LogP) is 5.46. The molecule has 2 aliphatic rings. The van der Waals surface area contributed by atoms with Gasteiger partial charge in [0.25, 0.3) is 0 Å². The maximum absolute atomic E-state index is 13.0. The van der Waals surface area contributed by atoms with Gasteiger partial charge in [-0.2, -0.15) is 0 Å². The van der Waals surface area contributed by atoms with Crippen LogP contribution in [0, 0.1) is 5.92 Å². The molecule has 0 aromatic heterocycles. The van der Waals surface area contributed by atoms with Crippen molar-refractivity contribution in [2.24, 2.45) is 5.92 Å². The van der Waals surface area contributed by atoms with Crippen molar-refractivity contribution in [3.63, 3.8) is 0 Å². The molecule has 156 valence electrons. The molecular formula is C22H39NO4. The van der Waals surface area contributed by atoms with Crippen LogP contribution < -0.4 is 0 Å². The number of amides is 1. The first kappa shape index (κ1) is 22.2. The average molecular weight is 382 g/mol. The van der Waals surface area contributed by atoms with Crippen LogP contribution in [-0.2, 0) is 14.3 Å². The normalized spacial score (nSPS) is 26.2. The molecule has 0 spiro atoms. The zero-order valence-electron chi connectivity index (χ0n) is 18.2. The fourth-order valence-electron chi connectivity index (χ4n) is 4.41. The third kappa shape index (κ3) is 5.94. The van der Waals surface area contributed by atoms with E-state index in [1.165, 1.54) is 32.1 Å². The van der Waals surface area contributed by atoms with Crippen LogP contribution in [0.1, 0.15) is 99.3 Å². The Bertz CT molecular complexity index is 517. The van der Waals surface area contributed by atoms with Crippen molar-refractivity contribution in [1.29, 1.82) is 0 Å². The van der Waals surface area contributed by atoms with Gasteiger partial charge in [-0.05, 0) is 53.4 Å². The quantitative estimate of drug-likeness (QED) is 0.613. The minimum Gasteiger partial charge on any atom is -0.444 e. The number of nitrogens with zero attached hydrogens (tertiary/aromatic N) is 1. The Morgan fingerprint density at radius 1 is 1.15 bits per heavy atom. The Kier molecular flexibility index (Phi) is 7.34. The summed E-state index contributed by atoms with van der Waals surface area (Å²) >= 11 is 0. The van der Waals surface area contributed by atoms with Crippen molar-refractivity contribution >= 4 is 11.9 Å². The number of ether oxygens (including phenoxy) is 2. The lowest BCUT2D eigenvalue weighted by Crippen LogP contribution is -2.51. The van der Waals surface area contributed by atoms with E-state index in [0.717, 1.165) is 19.3 Å². The molecule has 1 amide bonds.